The Balaban J connectivity index is 1.26. The van der Waals surface area contributed by atoms with E-state index in [9.17, 15) is 19.6 Å². The van der Waals surface area contributed by atoms with Crippen molar-refractivity contribution in [1.82, 2.24) is 4.90 Å². The second-order valence-corrected chi connectivity index (χ2v) is 16.8. The van der Waals surface area contributed by atoms with Crippen LogP contribution < -0.4 is 14.2 Å². The van der Waals surface area contributed by atoms with E-state index >= 15 is 0 Å². The lowest BCUT2D eigenvalue weighted by Gasteiger charge is -2.64. The second-order valence-electron chi connectivity index (χ2n) is 16.8. The molecule has 0 spiro atoms. The minimum Gasteiger partial charge on any atom is -0.618 e. The van der Waals surface area contributed by atoms with Crippen LogP contribution in [0.3, 0.4) is 0 Å². The van der Waals surface area contributed by atoms with Crippen LogP contribution in [0.5, 0.6) is 11.5 Å². The average Bonchev–Trinajstić information content (AvgIpc) is 3.32. The van der Waals surface area contributed by atoms with Gasteiger partial charge in [-0.1, -0.05) is 19.9 Å². The summed E-state index contributed by atoms with van der Waals surface area (Å²) in [6, 6.07) is 8.03. The fourth-order valence-electron chi connectivity index (χ4n) is 7.86. The van der Waals surface area contributed by atoms with Crippen LogP contribution in [0, 0.1) is 22.5 Å². The maximum absolute atomic E-state index is 13.9. The largest absolute Gasteiger partial charge is 0.618 e. The topological polar surface area (TPSA) is 137 Å². The number of carbonyl (C=O) groups is 3. The number of benzene rings is 1. The number of pyridine rings is 1. The summed E-state index contributed by atoms with van der Waals surface area (Å²) in [4.78, 5) is 41.4. The zero-order chi connectivity index (χ0) is 36.4. The van der Waals surface area contributed by atoms with Gasteiger partial charge in [-0.05, 0) is 109 Å². The third-order valence-electron chi connectivity index (χ3n) is 10.5. The Morgan fingerprint density at radius 3 is 2.34 bits per heavy atom. The van der Waals surface area contributed by atoms with E-state index in [4.69, 9.17) is 28.3 Å². The molecule has 13 heteroatoms. The lowest BCUT2D eigenvalue weighted by molar-refractivity contribution is -0.608. The molecule has 3 saturated carbocycles. The number of hydrogen-bond donors (Lipinski definition) is 0. The molecule has 7 rings (SSSR count). The van der Waals surface area contributed by atoms with E-state index in [2.05, 4.69) is 20.8 Å². The minimum absolute atomic E-state index is 0.00178. The molecule has 5 fully saturated rings. The smallest absolute Gasteiger partial charge is 0.514 e. The number of aromatic nitrogens is 1. The van der Waals surface area contributed by atoms with Crippen molar-refractivity contribution in [3.05, 3.63) is 58.6 Å². The van der Waals surface area contributed by atoms with Crippen molar-refractivity contribution in [1.29, 1.82) is 0 Å². The number of esters is 1. The molecule has 2 bridgehead atoms. The summed E-state index contributed by atoms with van der Waals surface area (Å²) in [5, 5.41) is 12.1. The number of ether oxygens (including phenoxy) is 4. The van der Waals surface area contributed by atoms with Gasteiger partial charge in [0.1, 0.15) is 28.6 Å². The van der Waals surface area contributed by atoms with Crippen molar-refractivity contribution in [2.75, 3.05) is 13.1 Å². The Bertz CT molecular complexity index is 1660. The summed E-state index contributed by atoms with van der Waals surface area (Å²) in [6.07, 6.45) is 2.73. The number of amides is 1. The van der Waals surface area contributed by atoms with E-state index in [1.54, 1.807) is 65.8 Å². The number of carbonyl (C=O) groups excluding carboxylic acids is 3. The molecule has 2 aliphatic heterocycles. The van der Waals surface area contributed by atoms with Gasteiger partial charge in [-0.2, -0.15) is 4.73 Å². The van der Waals surface area contributed by atoms with Crippen LogP contribution in [0.15, 0.2) is 36.5 Å². The first-order chi connectivity index (χ1) is 23.2. The first-order valence-electron chi connectivity index (χ1n) is 17.5. The number of aryl methyl sites for hydroxylation is 1. The van der Waals surface area contributed by atoms with Crippen molar-refractivity contribution in [3.63, 3.8) is 0 Å². The van der Waals surface area contributed by atoms with Crippen molar-refractivity contribution in [3.8, 4) is 11.5 Å². The molecule has 3 heterocycles. The van der Waals surface area contributed by atoms with Gasteiger partial charge in [-0.25, -0.2) is 9.59 Å². The van der Waals surface area contributed by atoms with E-state index < -0.39 is 42.5 Å². The number of nitrogens with zero attached hydrogens (tertiary/aromatic N) is 2. The predicted molar refractivity (Wildman–Crippen MR) is 183 cm³/mol. The van der Waals surface area contributed by atoms with Crippen LogP contribution >= 0.6 is 0 Å². The normalized spacial score (nSPS) is 25.6. The van der Waals surface area contributed by atoms with E-state index in [0.717, 1.165) is 12.8 Å². The number of likely N-dealkylation sites (tertiary alicyclic amines) is 1. The molecule has 5 aliphatic rings. The van der Waals surface area contributed by atoms with Gasteiger partial charge >= 0.3 is 25.2 Å². The maximum atomic E-state index is 13.9. The van der Waals surface area contributed by atoms with Gasteiger partial charge in [0.05, 0.1) is 24.8 Å². The van der Waals surface area contributed by atoms with Crippen LogP contribution in [0.2, 0.25) is 6.32 Å². The third kappa shape index (κ3) is 7.03. The molecule has 50 heavy (non-hydrogen) atoms. The van der Waals surface area contributed by atoms with Gasteiger partial charge in [0.2, 0.25) is 0 Å². The van der Waals surface area contributed by atoms with Gasteiger partial charge < -0.3 is 38.4 Å². The molecule has 3 aliphatic carbocycles. The summed E-state index contributed by atoms with van der Waals surface area (Å²) in [6.45, 7) is 17.5. The highest BCUT2D eigenvalue weighted by Crippen LogP contribution is 2.65. The van der Waals surface area contributed by atoms with Crippen LogP contribution in [0.25, 0.3) is 0 Å². The molecule has 12 nitrogen and oxygen atoms in total. The molecule has 1 aromatic carbocycles. The summed E-state index contributed by atoms with van der Waals surface area (Å²) >= 11 is 0. The van der Waals surface area contributed by atoms with Crippen molar-refractivity contribution in [2.24, 2.45) is 17.3 Å². The molecule has 2 saturated heterocycles. The lowest BCUT2D eigenvalue weighted by atomic mass is 9.43. The summed E-state index contributed by atoms with van der Waals surface area (Å²) in [5.74, 6) is -0.0377. The Morgan fingerprint density at radius 2 is 1.70 bits per heavy atom. The molecular weight excluding hydrogens is 643 g/mol. The molecular formula is C37H49BN2O10. The first-order valence-corrected chi connectivity index (χ1v) is 17.5. The Labute approximate surface area is 294 Å². The van der Waals surface area contributed by atoms with E-state index in [0.29, 0.717) is 34.9 Å². The minimum atomic E-state index is -0.983. The molecule has 270 valence electrons. The second kappa shape index (κ2) is 12.7. The fraction of sp³-hybridized carbons (Fsp3) is 0.622. The van der Waals surface area contributed by atoms with Crippen LogP contribution in [-0.2, 0) is 25.2 Å². The highest BCUT2D eigenvalue weighted by atomic mass is 16.7. The summed E-state index contributed by atoms with van der Waals surface area (Å²) in [7, 11) is -0.466. The van der Waals surface area contributed by atoms with Gasteiger partial charge in [0.15, 0.2) is 11.9 Å². The number of rotatable bonds is 8. The summed E-state index contributed by atoms with van der Waals surface area (Å²) < 4.78 is 37.0. The predicted octanol–water partition coefficient (Wildman–Crippen LogP) is 5.76. The lowest BCUT2D eigenvalue weighted by Crippen LogP contribution is -2.65. The highest BCUT2D eigenvalue weighted by molar-refractivity contribution is 6.45. The molecule has 1 amide bonds. The number of hydrogen-bond acceptors (Lipinski definition) is 10. The fourth-order valence-corrected chi connectivity index (χ4v) is 7.86. The maximum Gasteiger partial charge on any atom is 0.514 e. The van der Waals surface area contributed by atoms with Gasteiger partial charge in [-0.3, -0.25) is 4.79 Å². The van der Waals surface area contributed by atoms with Crippen LogP contribution in [-0.4, -0.2) is 72.2 Å². The molecule has 0 unspecified atom stereocenters. The zero-order valence-corrected chi connectivity index (χ0v) is 30.6. The van der Waals surface area contributed by atoms with Gasteiger partial charge in [0.25, 0.3) is 5.69 Å². The van der Waals surface area contributed by atoms with E-state index in [-0.39, 0.29) is 53.0 Å². The van der Waals surface area contributed by atoms with Crippen molar-refractivity contribution >= 4 is 25.2 Å². The molecule has 4 atom stereocenters. The summed E-state index contributed by atoms with van der Waals surface area (Å²) in [5.41, 5.74) is -1.40. The highest BCUT2D eigenvalue weighted by Gasteiger charge is 2.67. The Morgan fingerprint density at radius 1 is 1.00 bits per heavy atom. The van der Waals surface area contributed by atoms with Crippen molar-refractivity contribution in [2.45, 2.75) is 117 Å². The third-order valence-corrected chi connectivity index (χ3v) is 10.5. The van der Waals surface area contributed by atoms with Crippen molar-refractivity contribution < 1.29 is 47.4 Å². The zero-order valence-electron chi connectivity index (χ0n) is 30.6. The van der Waals surface area contributed by atoms with E-state index in [1.165, 1.54) is 17.2 Å². The van der Waals surface area contributed by atoms with Gasteiger partial charge in [-0.15, -0.1) is 0 Å². The Hall–Kier alpha value is -3.84. The molecule has 2 aromatic rings. The quantitative estimate of drug-likeness (QED) is 0.110. The average molecular weight is 693 g/mol. The Kier molecular flexibility index (Phi) is 9.16. The molecule has 1 aromatic heterocycles. The molecule has 0 N–H and O–H groups in total. The van der Waals surface area contributed by atoms with E-state index in [1.807, 2.05) is 0 Å². The molecule has 0 radical (unpaired) electrons. The SMILES string of the molecule is CC(C)(C)OC(=O)Oc1c(CCB2O[C@@H]3C[C@@H]4C[C@@H](C4(C)C)[C@]3(C)O2)ccc(OC2CN(C(=O)c3cccc[n+]3[O-])C2)c1C(=O)OC(C)(C)C. The first kappa shape index (κ1) is 36.0. The van der Waals surface area contributed by atoms with Gasteiger partial charge in [0, 0.05) is 12.1 Å². The standard InChI is InChI=1S/C37H49BN2O10/c1-34(2,3)47-32(42)29-26(45-24-20-39(21-24)31(41)25-12-10-11-17-40(25)44)14-13-22(30(29)46-33(43)48-35(4,5)6)15-16-38-49-28-19-23-18-27(36(23,7)8)37(28,9)50-38/h10-14,17,23-24,27-28H,15-16,18-21H2,1-9H3/t23-,27-,28+,37-/m0/s1. The van der Waals surface area contributed by atoms with Crippen LogP contribution in [0.4, 0.5) is 4.79 Å². The monoisotopic (exact) mass is 692 g/mol. The van der Waals surface area contributed by atoms with Crippen LogP contribution in [0.1, 0.15) is 102 Å².